The summed E-state index contributed by atoms with van der Waals surface area (Å²) in [6.07, 6.45) is 1.56. The minimum Gasteiger partial charge on any atom is -0.507 e. The first-order valence-electron chi connectivity index (χ1n) is 3.95. The quantitative estimate of drug-likeness (QED) is 0.715. The summed E-state index contributed by atoms with van der Waals surface area (Å²) in [5, 5.41) is 17.9. The number of carboxylic acid groups (broad SMARTS) is 1. The Labute approximate surface area is 81.1 Å². The first-order chi connectivity index (χ1) is 6.65. The molecule has 0 saturated heterocycles. The van der Waals surface area contributed by atoms with Crippen molar-refractivity contribution in [1.29, 1.82) is 0 Å². The number of phenols is 1. The SMILES string of the molecule is C=CCOc1ccc(C(=O)O)c(O)c1. The monoisotopic (exact) mass is 194 g/mol. The average Bonchev–Trinajstić information content (AvgIpc) is 2.14. The van der Waals surface area contributed by atoms with Crippen molar-refractivity contribution < 1.29 is 19.7 Å². The van der Waals surface area contributed by atoms with Crippen LogP contribution in [-0.2, 0) is 0 Å². The molecule has 0 aliphatic carbocycles. The summed E-state index contributed by atoms with van der Waals surface area (Å²) in [6, 6.07) is 4.02. The van der Waals surface area contributed by atoms with Crippen molar-refractivity contribution in [2.45, 2.75) is 0 Å². The van der Waals surface area contributed by atoms with Crippen LogP contribution in [0.3, 0.4) is 0 Å². The van der Waals surface area contributed by atoms with Crippen LogP contribution in [0.1, 0.15) is 10.4 Å². The van der Waals surface area contributed by atoms with Gasteiger partial charge in [-0.1, -0.05) is 12.7 Å². The van der Waals surface area contributed by atoms with Gasteiger partial charge >= 0.3 is 5.97 Å². The number of hydrogen-bond donors (Lipinski definition) is 2. The summed E-state index contributed by atoms with van der Waals surface area (Å²) in [7, 11) is 0. The Morgan fingerprint density at radius 1 is 1.57 bits per heavy atom. The maximum Gasteiger partial charge on any atom is 0.339 e. The number of rotatable bonds is 4. The van der Waals surface area contributed by atoms with E-state index in [2.05, 4.69) is 6.58 Å². The van der Waals surface area contributed by atoms with E-state index in [4.69, 9.17) is 9.84 Å². The van der Waals surface area contributed by atoms with Crippen molar-refractivity contribution in [2.75, 3.05) is 6.61 Å². The van der Waals surface area contributed by atoms with Gasteiger partial charge in [-0.15, -0.1) is 0 Å². The molecule has 4 nitrogen and oxygen atoms in total. The summed E-state index contributed by atoms with van der Waals surface area (Å²) < 4.78 is 5.10. The molecule has 4 heteroatoms. The van der Waals surface area contributed by atoms with E-state index < -0.39 is 5.97 Å². The maximum atomic E-state index is 10.5. The van der Waals surface area contributed by atoms with Crippen LogP contribution in [0, 0.1) is 0 Å². The van der Waals surface area contributed by atoms with E-state index in [0.29, 0.717) is 12.4 Å². The Balaban J connectivity index is 2.88. The van der Waals surface area contributed by atoms with Gasteiger partial charge < -0.3 is 14.9 Å². The Morgan fingerprint density at radius 2 is 2.29 bits per heavy atom. The standard InChI is InChI=1S/C10H10O4/c1-2-5-14-7-3-4-8(10(12)13)9(11)6-7/h2-4,6,11H,1,5H2,(H,12,13). The molecule has 1 rings (SSSR count). The predicted octanol–water partition coefficient (Wildman–Crippen LogP) is 1.66. The Hall–Kier alpha value is -1.97. The minimum absolute atomic E-state index is 0.143. The van der Waals surface area contributed by atoms with Crippen LogP contribution < -0.4 is 4.74 Å². The molecule has 2 N–H and O–H groups in total. The molecule has 0 fully saturated rings. The van der Waals surface area contributed by atoms with Crippen LogP contribution in [-0.4, -0.2) is 22.8 Å². The third kappa shape index (κ3) is 2.26. The molecule has 0 amide bonds. The van der Waals surface area contributed by atoms with Crippen LogP contribution in [0.5, 0.6) is 11.5 Å². The van der Waals surface area contributed by atoms with E-state index in [0.717, 1.165) is 0 Å². The zero-order valence-corrected chi connectivity index (χ0v) is 7.43. The molecule has 0 unspecified atom stereocenters. The molecule has 0 radical (unpaired) electrons. The van der Waals surface area contributed by atoms with Gasteiger partial charge in [-0.2, -0.15) is 0 Å². The zero-order chi connectivity index (χ0) is 10.6. The number of hydrogen-bond acceptors (Lipinski definition) is 3. The average molecular weight is 194 g/mol. The van der Waals surface area contributed by atoms with Gasteiger partial charge in [-0.05, 0) is 12.1 Å². The fourth-order valence-corrected chi connectivity index (χ4v) is 0.937. The molecule has 0 aliphatic rings. The normalized spacial score (nSPS) is 9.43. The van der Waals surface area contributed by atoms with Gasteiger partial charge in [0.15, 0.2) is 0 Å². The maximum absolute atomic E-state index is 10.5. The highest BCUT2D eigenvalue weighted by atomic mass is 16.5. The van der Waals surface area contributed by atoms with E-state index >= 15 is 0 Å². The first-order valence-corrected chi connectivity index (χ1v) is 3.95. The fraction of sp³-hybridized carbons (Fsp3) is 0.100. The van der Waals surface area contributed by atoms with Gasteiger partial charge in [0, 0.05) is 6.07 Å². The van der Waals surface area contributed by atoms with Crippen LogP contribution in [0.4, 0.5) is 0 Å². The van der Waals surface area contributed by atoms with Crippen LogP contribution in [0.15, 0.2) is 30.9 Å². The third-order valence-electron chi connectivity index (χ3n) is 1.57. The number of aromatic hydroxyl groups is 1. The summed E-state index contributed by atoms with van der Waals surface area (Å²) in [6.45, 7) is 3.77. The summed E-state index contributed by atoms with van der Waals surface area (Å²) in [5.41, 5.74) is -0.143. The molecular formula is C10H10O4. The van der Waals surface area contributed by atoms with Gasteiger partial charge in [0.1, 0.15) is 23.7 Å². The molecule has 0 aliphatic heterocycles. The number of carbonyl (C=O) groups is 1. The number of aromatic carboxylic acids is 1. The molecule has 0 heterocycles. The molecule has 0 atom stereocenters. The van der Waals surface area contributed by atoms with E-state index in [1.807, 2.05) is 0 Å². The molecule has 0 bridgehead atoms. The Kier molecular flexibility index (Phi) is 3.12. The Bertz CT molecular complexity index is 357. The largest absolute Gasteiger partial charge is 0.507 e. The first kappa shape index (κ1) is 10.1. The predicted molar refractivity (Wildman–Crippen MR) is 50.8 cm³/mol. The highest BCUT2D eigenvalue weighted by Crippen LogP contribution is 2.23. The van der Waals surface area contributed by atoms with E-state index in [1.54, 1.807) is 6.08 Å². The minimum atomic E-state index is -1.17. The molecule has 0 saturated carbocycles. The van der Waals surface area contributed by atoms with Gasteiger partial charge in [0.05, 0.1) is 0 Å². The van der Waals surface area contributed by atoms with Crippen LogP contribution in [0.25, 0.3) is 0 Å². The summed E-state index contributed by atoms with van der Waals surface area (Å²) in [4.78, 5) is 10.5. The Morgan fingerprint density at radius 3 is 2.79 bits per heavy atom. The van der Waals surface area contributed by atoms with Crippen LogP contribution >= 0.6 is 0 Å². The zero-order valence-electron chi connectivity index (χ0n) is 7.43. The van der Waals surface area contributed by atoms with Gasteiger partial charge in [-0.25, -0.2) is 4.79 Å². The number of carboxylic acids is 1. The van der Waals surface area contributed by atoms with Crippen molar-refractivity contribution in [1.82, 2.24) is 0 Å². The van der Waals surface area contributed by atoms with Crippen molar-refractivity contribution in [3.8, 4) is 11.5 Å². The topological polar surface area (TPSA) is 66.8 Å². The van der Waals surface area contributed by atoms with Gasteiger partial charge in [0.2, 0.25) is 0 Å². The molecule has 0 spiro atoms. The lowest BCUT2D eigenvalue weighted by Crippen LogP contribution is -1.98. The van der Waals surface area contributed by atoms with Crippen molar-refractivity contribution in [2.24, 2.45) is 0 Å². The molecular weight excluding hydrogens is 184 g/mol. The molecule has 0 aromatic heterocycles. The smallest absolute Gasteiger partial charge is 0.339 e. The molecule has 14 heavy (non-hydrogen) atoms. The lowest BCUT2D eigenvalue weighted by atomic mass is 10.2. The lowest BCUT2D eigenvalue weighted by Gasteiger charge is -2.04. The summed E-state index contributed by atoms with van der Waals surface area (Å²) >= 11 is 0. The van der Waals surface area contributed by atoms with Gasteiger partial charge in [0.25, 0.3) is 0 Å². The van der Waals surface area contributed by atoms with Crippen molar-refractivity contribution in [3.05, 3.63) is 36.4 Å². The highest BCUT2D eigenvalue weighted by Gasteiger charge is 2.09. The fourth-order valence-electron chi connectivity index (χ4n) is 0.937. The van der Waals surface area contributed by atoms with Crippen molar-refractivity contribution >= 4 is 5.97 Å². The highest BCUT2D eigenvalue weighted by molar-refractivity contribution is 5.90. The number of benzene rings is 1. The van der Waals surface area contributed by atoms with E-state index in [1.165, 1.54) is 18.2 Å². The summed E-state index contributed by atoms with van der Waals surface area (Å²) in [5.74, 6) is -1.07. The second-order valence-corrected chi connectivity index (χ2v) is 2.58. The lowest BCUT2D eigenvalue weighted by molar-refractivity contribution is 0.0693. The molecule has 1 aromatic rings. The third-order valence-corrected chi connectivity index (χ3v) is 1.57. The molecule has 74 valence electrons. The molecule has 1 aromatic carbocycles. The second-order valence-electron chi connectivity index (χ2n) is 2.58. The van der Waals surface area contributed by atoms with Gasteiger partial charge in [-0.3, -0.25) is 0 Å². The number of ether oxygens (including phenoxy) is 1. The van der Waals surface area contributed by atoms with Crippen molar-refractivity contribution in [3.63, 3.8) is 0 Å². The van der Waals surface area contributed by atoms with E-state index in [-0.39, 0.29) is 11.3 Å². The second kappa shape index (κ2) is 4.32. The van der Waals surface area contributed by atoms with Crippen LogP contribution in [0.2, 0.25) is 0 Å². The van der Waals surface area contributed by atoms with E-state index in [9.17, 15) is 9.90 Å².